The van der Waals surface area contributed by atoms with E-state index < -0.39 is 31.6 Å². The predicted molar refractivity (Wildman–Crippen MR) is 91.2 cm³/mol. The van der Waals surface area contributed by atoms with Crippen LogP contribution in [0.3, 0.4) is 0 Å². The third kappa shape index (κ3) is 2.89. The second-order valence-corrected chi connectivity index (χ2v) is 8.91. The van der Waals surface area contributed by atoms with E-state index >= 15 is 0 Å². The van der Waals surface area contributed by atoms with Crippen LogP contribution < -0.4 is 11.2 Å². The Bertz CT molecular complexity index is 951. The lowest BCUT2D eigenvalue weighted by atomic mass is 9.87. The van der Waals surface area contributed by atoms with Crippen LogP contribution in [0.5, 0.6) is 0 Å². The molecule has 1 aromatic heterocycles. The number of nitrogens with zero attached hydrogens (tertiary/aromatic N) is 4. The molecule has 0 aromatic carbocycles. The van der Waals surface area contributed by atoms with E-state index in [0.717, 1.165) is 15.3 Å². The molecule has 0 unspecified atom stereocenters. The van der Waals surface area contributed by atoms with Crippen LogP contribution in [0.4, 0.5) is 0 Å². The van der Waals surface area contributed by atoms with Crippen LogP contribution in [-0.4, -0.2) is 72.1 Å². The first kappa shape index (κ1) is 18.8. The van der Waals surface area contributed by atoms with Gasteiger partial charge in [0, 0.05) is 46.5 Å². The quantitative estimate of drug-likeness (QED) is 0.591. The van der Waals surface area contributed by atoms with Gasteiger partial charge < -0.3 is 14.2 Å². The number of rotatable bonds is 3. The van der Waals surface area contributed by atoms with Gasteiger partial charge in [-0.2, -0.15) is 4.31 Å². The van der Waals surface area contributed by atoms with Crippen LogP contribution in [0.25, 0.3) is 0 Å². The van der Waals surface area contributed by atoms with Crippen molar-refractivity contribution < 1.29 is 17.9 Å². The number of aryl methyl sites for hydroxylation is 1. The van der Waals surface area contributed by atoms with Gasteiger partial charge in [0.25, 0.3) is 5.56 Å². The Labute approximate surface area is 150 Å². The molecule has 2 fully saturated rings. The van der Waals surface area contributed by atoms with E-state index in [2.05, 4.69) is 0 Å². The average molecular weight is 386 g/mol. The minimum atomic E-state index is -4.05. The van der Waals surface area contributed by atoms with E-state index in [1.807, 2.05) is 6.92 Å². The molecule has 3 heterocycles. The van der Waals surface area contributed by atoms with E-state index in [4.69, 9.17) is 4.74 Å². The fourth-order valence-electron chi connectivity index (χ4n) is 3.14. The van der Waals surface area contributed by atoms with Crippen molar-refractivity contribution in [1.82, 2.24) is 18.3 Å². The molecule has 0 spiro atoms. The molecule has 1 amide bonds. The third-order valence-corrected chi connectivity index (χ3v) is 6.80. The molecule has 0 N–H and O–H groups in total. The molecule has 11 heteroatoms. The molecule has 144 valence electrons. The van der Waals surface area contributed by atoms with Crippen molar-refractivity contribution in [1.29, 1.82) is 0 Å². The molecule has 0 radical (unpaired) electrons. The second-order valence-electron chi connectivity index (χ2n) is 7.00. The van der Waals surface area contributed by atoms with Gasteiger partial charge >= 0.3 is 5.69 Å². The van der Waals surface area contributed by atoms with Gasteiger partial charge in [-0.05, 0) is 6.92 Å². The number of hydrogen-bond donors (Lipinski definition) is 0. The molecular weight excluding hydrogens is 364 g/mol. The normalized spacial score (nSPS) is 20.7. The summed E-state index contributed by atoms with van der Waals surface area (Å²) in [5.41, 5.74) is -1.99. The lowest BCUT2D eigenvalue weighted by molar-refractivity contribution is -0.169. The summed E-state index contributed by atoms with van der Waals surface area (Å²) < 4.78 is 33.8. The number of carbonyl (C=O) groups excluding carboxylic acids is 1. The number of aromatic nitrogens is 2. The monoisotopic (exact) mass is 386 g/mol. The fraction of sp³-hybridized carbons (Fsp3) is 0.667. The van der Waals surface area contributed by atoms with Crippen molar-refractivity contribution in [3.8, 4) is 0 Å². The van der Waals surface area contributed by atoms with Crippen LogP contribution in [0, 0.1) is 5.41 Å². The van der Waals surface area contributed by atoms with Crippen molar-refractivity contribution in [3.63, 3.8) is 0 Å². The fourth-order valence-corrected chi connectivity index (χ4v) is 4.71. The standard InChI is InChI=1S/C15H22N4O6S/c1-15(9-25-10-15)13(21)18-4-6-19(7-5-18)26(23,24)11-8-16(2)14(22)17(3)12(11)20/h8H,4-7,9-10H2,1-3H3. The Hall–Kier alpha value is -1.98. The highest BCUT2D eigenvalue weighted by molar-refractivity contribution is 7.89. The number of hydrogen-bond acceptors (Lipinski definition) is 6. The maximum atomic E-state index is 12.8. The summed E-state index contributed by atoms with van der Waals surface area (Å²) in [6.07, 6.45) is 1.05. The van der Waals surface area contributed by atoms with Crippen LogP contribution in [0.15, 0.2) is 20.7 Å². The summed E-state index contributed by atoms with van der Waals surface area (Å²) in [5, 5.41) is 0. The number of sulfonamides is 1. The van der Waals surface area contributed by atoms with Crippen LogP contribution in [0.1, 0.15) is 6.92 Å². The number of piperazine rings is 1. The first-order valence-corrected chi connectivity index (χ1v) is 9.66. The summed E-state index contributed by atoms with van der Waals surface area (Å²) in [7, 11) is -1.43. The van der Waals surface area contributed by atoms with Crippen molar-refractivity contribution >= 4 is 15.9 Å². The van der Waals surface area contributed by atoms with Crippen molar-refractivity contribution in [2.75, 3.05) is 39.4 Å². The van der Waals surface area contributed by atoms with Gasteiger partial charge in [-0.25, -0.2) is 13.2 Å². The molecular formula is C15H22N4O6S. The molecule has 0 bridgehead atoms. The lowest BCUT2D eigenvalue weighted by Gasteiger charge is -2.42. The maximum absolute atomic E-state index is 12.8. The van der Waals surface area contributed by atoms with Gasteiger partial charge in [-0.3, -0.25) is 14.2 Å². The highest BCUT2D eigenvalue weighted by Crippen LogP contribution is 2.29. The molecule has 10 nitrogen and oxygen atoms in total. The van der Waals surface area contributed by atoms with Gasteiger partial charge in [0.1, 0.15) is 0 Å². The van der Waals surface area contributed by atoms with E-state index in [1.165, 1.54) is 18.4 Å². The Morgan fingerprint density at radius 2 is 1.69 bits per heavy atom. The molecule has 2 aliphatic heterocycles. The smallest absolute Gasteiger partial charge is 0.330 e. The van der Waals surface area contributed by atoms with Gasteiger partial charge in [-0.15, -0.1) is 0 Å². The Kier molecular flexibility index (Phi) is 4.57. The summed E-state index contributed by atoms with van der Waals surface area (Å²) in [6.45, 7) is 3.26. The van der Waals surface area contributed by atoms with Crippen LogP contribution in [-0.2, 0) is 33.7 Å². The SMILES string of the molecule is Cn1cc(S(=O)(=O)N2CCN(C(=O)C3(C)COC3)CC2)c(=O)n(C)c1=O. The molecule has 1 aromatic rings. The predicted octanol–water partition coefficient (Wildman–Crippen LogP) is -2.05. The molecule has 2 saturated heterocycles. The van der Waals surface area contributed by atoms with Gasteiger partial charge in [0.15, 0.2) is 4.90 Å². The first-order chi connectivity index (χ1) is 12.1. The molecule has 0 atom stereocenters. The van der Waals surface area contributed by atoms with Crippen molar-refractivity contribution in [2.45, 2.75) is 11.8 Å². The minimum absolute atomic E-state index is 0.0428. The highest BCUT2D eigenvalue weighted by Gasteiger charge is 2.44. The number of ether oxygens (including phenoxy) is 1. The van der Waals surface area contributed by atoms with Crippen LogP contribution in [0.2, 0.25) is 0 Å². The molecule has 26 heavy (non-hydrogen) atoms. The lowest BCUT2D eigenvalue weighted by Crippen LogP contribution is -2.58. The zero-order valence-corrected chi connectivity index (χ0v) is 15.8. The summed E-state index contributed by atoms with van der Waals surface area (Å²) >= 11 is 0. The minimum Gasteiger partial charge on any atom is -0.379 e. The van der Waals surface area contributed by atoms with Crippen LogP contribution >= 0.6 is 0 Å². The van der Waals surface area contributed by atoms with Crippen molar-refractivity contribution in [3.05, 3.63) is 27.0 Å². The first-order valence-electron chi connectivity index (χ1n) is 8.22. The van der Waals surface area contributed by atoms with Gasteiger partial charge in [0.05, 0.1) is 18.6 Å². The summed E-state index contributed by atoms with van der Waals surface area (Å²) in [4.78, 5) is 37.7. The van der Waals surface area contributed by atoms with Gasteiger partial charge in [0.2, 0.25) is 15.9 Å². The second kappa shape index (κ2) is 6.32. The van der Waals surface area contributed by atoms with E-state index in [9.17, 15) is 22.8 Å². The zero-order valence-electron chi connectivity index (χ0n) is 15.0. The van der Waals surface area contributed by atoms with Crippen molar-refractivity contribution in [2.24, 2.45) is 19.5 Å². The largest absolute Gasteiger partial charge is 0.379 e. The Balaban J connectivity index is 1.80. The molecule has 3 rings (SSSR count). The topological polar surface area (TPSA) is 111 Å². The highest BCUT2D eigenvalue weighted by atomic mass is 32.2. The number of carbonyl (C=O) groups is 1. The molecule has 0 aliphatic carbocycles. The van der Waals surface area contributed by atoms with E-state index in [1.54, 1.807) is 4.90 Å². The summed E-state index contributed by atoms with van der Waals surface area (Å²) in [5.74, 6) is -0.0428. The third-order valence-electron chi connectivity index (χ3n) is 4.92. The average Bonchev–Trinajstić information content (AvgIpc) is 2.60. The Morgan fingerprint density at radius 1 is 1.12 bits per heavy atom. The summed E-state index contributed by atoms with van der Waals surface area (Å²) in [6, 6.07) is 0. The number of amides is 1. The maximum Gasteiger partial charge on any atom is 0.330 e. The zero-order chi connectivity index (χ0) is 19.3. The molecule has 0 saturated carbocycles. The molecule has 2 aliphatic rings. The Morgan fingerprint density at radius 3 is 2.19 bits per heavy atom. The van der Waals surface area contributed by atoms with E-state index in [-0.39, 0.29) is 32.1 Å². The van der Waals surface area contributed by atoms with Gasteiger partial charge in [-0.1, -0.05) is 0 Å². The van der Waals surface area contributed by atoms with E-state index in [0.29, 0.717) is 13.2 Å².